The summed E-state index contributed by atoms with van der Waals surface area (Å²) < 4.78 is 4.99. The largest absolute Gasteiger partial charge is 0.309 e. The van der Waals surface area contributed by atoms with Crippen molar-refractivity contribution in [2.45, 2.75) is 0 Å². The summed E-state index contributed by atoms with van der Waals surface area (Å²) in [5, 5.41) is 5.02. The van der Waals surface area contributed by atoms with Crippen molar-refractivity contribution in [2.75, 3.05) is 0 Å². The highest BCUT2D eigenvalue weighted by Crippen LogP contribution is 2.40. The zero-order valence-electron chi connectivity index (χ0n) is 26.9. The van der Waals surface area contributed by atoms with Crippen LogP contribution in [0.1, 0.15) is 0 Å². The van der Waals surface area contributed by atoms with Gasteiger partial charge in [0, 0.05) is 47.6 Å². The first-order valence-corrected chi connectivity index (χ1v) is 17.5. The molecule has 4 nitrogen and oxygen atoms in total. The second-order valence-corrected chi connectivity index (χ2v) is 13.5. The van der Waals surface area contributed by atoms with E-state index in [9.17, 15) is 0 Å². The van der Waals surface area contributed by atoms with Gasteiger partial charge in [-0.15, -0.1) is 11.3 Å². The molecule has 3 heterocycles. The summed E-state index contributed by atoms with van der Waals surface area (Å²) in [7, 11) is 0. The molecular formula is C45H28N4S. The zero-order valence-corrected chi connectivity index (χ0v) is 27.7. The van der Waals surface area contributed by atoms with E-state index in [-0.39, 0.29) is 0 Å². The van der Waals surface area contributed by atoms with Gasteiger partial charge in [0.25, 0.3) is 0 Å². The van der Waals surface area contributed by atoms with Crippen molar-refractivity contribution in [1.82, 2.24) is 19.5 Å². The number of aromatic nitrogens is 4. The zero-order chi connectivity index (χ0) is 33.0. The van der Waals surface area contributed by atoms with Gasteiger partial charge in [0.15, 0.2) is 17.5 Å². The Labute approximate surface area is 292 Å². The smallest absolute Gasteiger partial charge is 0.166 e. The second kappa shape index (κ2) is 11.6. The van der Waals surface area contributed by atoms with E-state index < -0.39 is 0 Å². The molecule has 5 heteroatoms. The molecule has 234 valence electrons. The van der Waals surface area contributed by atoms with Crippen LogP contribution in [-0.2, 0) is 0 Å². The van der Waals surface area contributed by atoms with Crippen LogP contribution in [0.4, 0.5) is 0 Å². The maximum atomic E-state index is 5.09. The number of fused-ring (bicyclic) bond motifs is 6. The van der Waals surface area contributed by atoms with Crippen LogP contribution in [0, 0.1) is 0 Å². The van der Waals surface area contributed by atoms with Crippen molar-refractivity contribution in [1.29, 1.82) is 0 Å². The van der Waals surface area contributed by atoms with Crippen LogP contribution >= 0.6 is 11.3 Å². The lowest BCUT2D eigenvalue weighted by atomic mass is 10.0. The molecule has 0 saturated heterocycles. The van der Waals surface area contributed by atoms with E-state index in [1.165, 1.54) is 42.1 Å². The number of rotatable bonds is 5. The number of benzene rings is 7. The highest BCUT2D eigenvalue weighted by Gasteiger charge is 2.19. The van der Waals surface area contributed by atoms with Gasteiger partial charge in [-0.05, 0) is 59.7 Å². The highest BCUT2D eigenvalue weighted by atomic mass is 32.1. The first kappa shape index (κ1) is 28.6. The highest BCUT2D eigenvalue weighted by molar-refractivity contribution is 7.25. The first-order valence-electron chi connectivity index (χ1n) is 16.7. The van der Waals surface area contributed by atoms with Crippen LogP contribution in [0.15, 0.2) is 170 Å². The van der Waals surface area contributed by atoms with E-state index in [0.717, 1.165) is 33.4 Å². The van der Waals surface area contributed by atoms with E-state index >= 15 is 0 Å². The molecule has 10 aromatic rings. The second-order valence-electron chi connectivity index (χ2n) is 12.4. The van der Waals surface area contributed by atoms with Crippen LogP contribution in [0.2, 0.25) is 0 Å². The molecule has 0 unspecified atom stereocenters. The van der Waals surface area contributed by atoms with Crippen molar-refractivity contribution in [3.63, 3.8) is 0 Å². The lowest BCUT2D eigenvalue weighted by molar-refractivity contribution is 1.06. The molecule has 50 heavy (non-hydrogen) atoms. The Kier molecular flexibility index (Phi) is 6.64. The third-order valence-corrected chi connectivity index (χ3v) is 10.6. The predicted molar refractivity (Wildman–Crippen MR) is 209 cm³/mol. The van der Waals surface area contributed by atoms with Gasteiger partial charge < -0.3 is 4.57 Å². The van der Waals surface area contributed by atoms with Gasteiger partial charge in [0.1, 0.15) is 0 Å². The summed E-state index contributed by atoms with van der Waals surface area (Å²) in [6.07, 6.45) is 0. The molecule has 0 spiro atoms. The standard InChI is InChI=1S/C45H28N4S/c1-3-13-29(14-4-1)43-46-44(30-15-5-2-6-16-30)48-45(47-43)35-19-8-11-21-39(35)49-38-20-10-7-17-33(38)36-27-31(23-25-40(36)49)32-24-26-42-37(28-32)34-18-9-12-22-41(34)50-42/h1-28H. The van der Waals surface area contributed by atoms with Crippen LogP contribution in [0.3, 0.4) is 0 Å². The summed E-state index contributed by atoms with van der Waals surface area (Å²) in [6.45, 7) is 0. The summed E-state index contributed by atoms with van der Waals surface area (Å²) in [6, 6.07) is 59.7. The van der Waals surface area contributed by atoms with E-state index in [4.69, 9.17) is 15.0 Å². The van der Waals surface area contributed by atoms with Gasteiger partial charge in [-0.3, -0.25) is 0 Å². The lowest BCUT2D eigenvalue weighted by Crippen LogP contribution is -2.03. The van der Waals surface area contributed by atoms with Crippen molar-refractivity contribution >= 4 is 53.3 Å². The Bertz CT molecular complexity index is 2810. The molecular weight excluding hydrogens is 629 g/mol. The molecule has 0 radical (unpaired) electrons. The molecule has 0 bridgehead atoms. The summed E-state index contributed by atoms with van der Waals surface area (Å²) in [5.41, 5.74) is 8.52. The number of hydrogen-bond donors (Lipinski definition) is 0. The van der Waals surface area contributed by atoms with E-state index in [0.29, 0.717) is 17.5 Å². The molecule has 10 rings (SSSR count). The Morgan fingerprint density at radius 1 is 0.360 bits per heavy atom. The third-order valence-electron chi connectivity index (χ3n) is 9.47. The topological polar surface area (TPSA) is 43.6 Å². The fraction of sp³-hybridized carbons (Fsp3) is 0. The minimum absolute atomic E-state index is 0.632. The molecule has 0 atom stereocenters. The average Bonchev–Trinajstić information content (AvgIpc) is 3.73. The fourth-order valence-corrected chi connectivity index (χ4v) is 8.19. The molecule has 0 aliphatic heterocycles. The van der Waals surface area contributed by atoms with Crippen LogP contribution in [0.5, 0.6) is 0 Å². The minimum atomic E-state index is 0.632. The van der Waals surface area contributed by atoms with Gasteiger partial charge in [0.2, 0.25) is 0 Å². The average molecular weight is 657 g/mol. The van der Waals surface area contributed by atoms with E-state index in [1.807, 2.05) is 72.0 Å². The first-order chi connectivity index (χ1) is 24.8. The van der Waals surface area contributed by atoms with Gasteiger partial charge in [0.05, 0.1) is 16.7 Å². The number of para-hydroxylation sites is 2. The Morgan fingerprint density at radius 2 is 0.900 bits per heavy atom. The summed E-state index contributed by atoms with van der Waals surface area (Å²) in [4.78, 5) is 15.1. The van der Waals surface area contributed by atoms with Crippen LogP contribution < -0.4 is 0 Å². The molecule has 0 N–H and O–H groups in total. The SMILES string of the molecule is c1ccc(-c2nc(-c3ccccc3)nc(-c3ccccc3-n3c4ccccc4c4cc(-c5ccc6sc7ccccc7c6c5)ccc43)n2)cc1. The lowest BCUT2D eigenvalue weighted by Gasteiger charge is -2.14. The maximum Gasteiger partial charge on any atom is 0.166 e. The van der Waals surface area contributed by atoms with Crippen molar-refractivity contribution in [3.8, 4) is 51.0 Å². The van der Waals surface area contributed by atoms with Gasteiger partial charge in [-0.2, -0.15) is 0 Å². The molecule has 0 aliphatic carbocycles. The Hall–Kier alpha value is -6.43. The van der Waals surface area contributed by atoms with Gasteiger partial charge in [-0.1, -0.05) is 121 Å². The normalized spacial score (nSPS) is 11.6. The molecule has 0 aliphatic rings. The molecule has 0 saturated carbocycles. The Morgan fingerprint density at radius 3 is 1.66 bits per heavy atom. The molecule has 0 amide bonds. The third kappa shape index (κ3) is 4.71. The fourth-order valence-electron chi connectivity index (χ4n) is 7.10. The van der Waals surface area contributed by atoms with Crippen molar-refractivity contribution in [3.05, 3.63) is 170 Å². The summed E-state index contributed by atoms with van der Waals surface area (Å²) >= 11 is 1.85. The minimum Gasteiger partial charge on any atom is -0.309 e. The van der Waals surface area contributed by atoms with Gasteiger partial charge in [-0.25, -0.2) is 15.0 Å². The molecule has 7 aromatic carbocycles. The number of thiophene rings is 1. The van der Waals surface area contributed by atoms with E-state index in [2.05, 4.69) is 114 Å². The quantitative estimate of drug-likeness (QED) is 0.185. The number of nitrogens with zero attached hydrogens (tertiary/aromatic N) is 4. The van der Waals surface area contributed by atoms with Crippen LogP contribution in [0.25, 0.3) is 93.0 Å². The van der Waals surface area contributed by atoms with E-state index in [1.54, 1.807) is 0 Å². The monoisotopic (exact) mass is 656 g/mol. The van der Waals surface area contributed by atoms with Crippen LogP contribution in [-0.4, -0.2) is 19.5 Å². The number of hydrogen-bond acceptors (Lipinski definition) is 4. The van der Waals surface area contributed by atoms with Gasteiger partial charge >= 0.3 is 0 Å². The molecule has 0 fully saturated rings. The maximum absolute atomic E-state index is 5.09. The van der Waals surface area contributed by atoms with Crippen molar-refractivity contribution in [2.24, 2.45) is 0 Å². The molecule has 3 aromatic heterocycles. The Balaban J connectivity index is 1.17. The predicted octanol–water partition coefficient (Wildman–Crippen LogP) is 12.0. The van der Waals surface area contributed by atoms with Crippen molar-refractivity contribution < 1.29 is 0 Å². The summed E-state index contributed by atoms with van der Waals surface area (Å²) in [5.74, 6) is 1.92.